The summed E-state index contributed by atoms with van der Waals surface area (Å²) >= 11 is 1.65. The zero-order valence-electron chi connectivity index (χ0n) is 11.5. The molecule has 5 heteroatoms. The maximum absolute atomic E-state index is 12.0. The van der Waals surface area contributed by atoms with Crippen LogP contribution in [0.3, 0.4) is 0 Å². The molecule has 4 nitrogen and oxygen atoms in total. The summed E-state index contributed by atoms with van der Waals surface area (Å²) in [7, 11) is 0. The molecule has 2 rings (SSSR count). The second-order valence-corrected chi connectivity index (χ2v) is 6.37. The molecule has 0 saturated heterocycles. The lowest BCUT2D eigenvalue weighted by molar-refractivity contribution is -0.143. The number of carbonyl (C=O) groups is 2. The molecule has 0 bridgehead atoms. The van der Waals surface area contributed by atoms with Crippen molar-refractivity contribution in [1.82, 2.24) is 5.32 Å². The number of aryl methyl sites for hydroxylation is 1. The summed E-state index contributed by atoms with van der Waals surface area (Å²) in [6.07, 6.45) is 5.62. The van der Waals surface area contributed by atoms with Crippen molar-refractivity contribution in [3.8, 4) is 0 Å². The Morgan fingerprint density at radius 2 is 2.10 bits per heavy atom. The van der Waals surface area contributed by atoms with Crippen LogP contribution < -0.4 is 5.32 Å². The molecular formula is C15H21NO3S. The molecule has 0 aliphatic heterocycles. The van der Waals surface area contributed by atoms with Crippen molar-refractivity contribution in [1.29, 1.82) is 0 Å². The molecule has 1 fully saturated rings. The molecule has 20 heavy (non-hydrogen) atoms. The molecule has 0 aromatic carbocycles. The van der Waals surface area contributed by atoms with E-state index in [1.165, 1.54) is 4.88 Å². The second-order valence-electron chi connectivity index (χ2n) is 5.34. The zero-order valence-corrected chi connectivity index (χ0v) is 12.3. The average molecular weight is 295 g/mol. The number of nitrogens with one attached hydrogen (secondary N) is 1. The van der Waals surface area contributed by atoms with Gasteiger partial charge in [-0.1, -0.05) is 25.3 Å². The zero-order chi connectivity index (χ0) is 14.4. The highest BCUT2D eigenvalue weighted by molar-refractivity contribution is 7.09. The summed E-state index contributed by atoms with van der Waals surface area (Å²) in [4.78, 5) is 24.5. The van der Waals surface area contributed by atoms with E-state index in [9.17, 15) is 14.7 Å². The third-order valence-electron chi connectivity index (χ3n) is 3.86. The van der Waals surface area contributed by atoms with Crippen LogP contribution in [0.15, 0.2) is 17.5 Å². The fraction of sp³-hybridized carbons (Fsp3) is 0.600. The maximum Gasteiger partial charge on any atom is 0.308 e. The standard InChI is InChI=1S/C15H21NO3S/c17-14(9-8-11-5-4-10-20-11)16-13-7-3-1-2-6-12(13)15(18)19/h4-5,10,12-13H,1-3,6-9H2,(H,16,17)(H,18,19)/t12-,13-/m0/s1. The van der Waals surface area contributed by atoms with E-state index in [1.807, 2.05) is 17.5 Å². The van der Waals surface area contributed by atoms with Gasteiger partial charge in [-0.25, -0.2) is 0 Å². The van der Waals surface area contributed by atoms with E-state index < -0.39 is 11.9 Å². The number of amides is 1. The molecule has 1 aromatic heterocycles. The van der Waals surface area contributed by atoms with Crippen molar-refractivity contribution in [2.45, 2.75) is 51.0 Å². The Balaban J connectivity index is 1.85. The van der Waals surface area contributed by atoms with Crippen molar-refractivity contribution in [2.24, 2.45) is 5.92 Å². The van der Waals surface area contributed by atoms with Gasteiger partial charge in [0.1, 0.15) is 0 Å². The Morgan fingerprint density at radius 1 is 1.30 bits per heavy atom. The van der Waals surface area contributed by atoms with Crippen LogP contribution in [-0.2, 0) is 16.0 Å². The minimum Gasteiger partial charge on any atom is -0.481 e. The van der Waals surface area contributed by atoms with Gasteiger partial charge in [-0.3, -0.25) is 9.59 Å². The Bertz CT molecular complexity index is 444. The first-order valence-corrected chi connectivity index (χ1v) is 8.09. The molecule has 110 valence electrons. The normalized spacial score (nSPS) is 23.0. The number of carbonyl (C=O) groups excluding carboxylic acids is 1. The molecule has 1 heterocycles. The fourth-order valence-electron chi connectivity index (χ4n) is 2.75. The lowest BCUT2D eigenvalue weighted by atomic mass is 9.94. The second kappa shape index (κ2) is 7.43. The van der Waals surface area contributed by atoms with Gasteiger partial charge in [0.15, 0.2) is 0 Å². The molecule has 0 unspecified atom stereocenters. The average Bonchev–Trinajstić information content (AvgIpc) is 2.82. The number of aliphatic carboxylic acids is 1. The van der Waals surface area contributed by atoms with Crippen molar-refractivity contribution >= 4 is 23.2 Å². The Kier molecular flexibility index (Phi) is 5.59. The first-order chi connectivity index (χ1) is 9.66. The van der Waals surface area contributed by atoms with Gasteiger partial charge in [0.2, 0.25) is 5.91 Å². The molecule has 1 saturated carbocycles. The largest absolute Gasteiger partial charge is 0.481 e. The number of carboxylic acids is 1. The third-order valence-corrected chi connectivity index (χ3v) is 4.79. The van der Waals surface area contributed by atoms with Crippen LogP contribution in [0.2, 0.25) is 0 Å². The first kappa shape index (κ1) is 15.0. The van der Waals surface area contributed by atoms with Crippen molar-refractivity contribution < 1.29 is 14.7 Å². The van der Waals surface area contributed by atoms with Gasteiger partial charge in [0.25, 0.3) is 0 Å². The van der Waals surface area contributed by atoms with E-state index in [4.69, 9.17) is 0 Å². The highest BCUT2D eigenvalue weighted by Crippen LogP contribution is 2.24. The van der Waals surface area contributed by atoms with Crippen LogP contribution in [0.4, 0.5) is 0 Å². The van der Waals surface area contributed by atoms with Crippen LogP contribution >= 0.6 is 11.3 Å². The van der Waals surface area contributed by atoms with Gasteiger partial charge in [-0.15, -0.1) is 11.3 Å². The SMILES string of the molecule is O=C(CCc1cccs1)N[C@H]1CCCCC[C@@H]1C(=O)O. The summed E-state index contributed by atoms with van der Waals surface area (Å²) in [6, 6.07) is 3.79. The number of hydrogen-bond donors (Lipinski definition) is 2. The van der Waals surface area contributed by atoms with Crippen LogP contribution in [0.5, 0.6) is 0 Å². The van der Waals surface area contributed by atoms with E-state index in [0.717, 1.165) is 32.1 Å². The lowest BCUT2D eigenvalue weighted by Gasteiger charge is -2.22. The topological polar surface area (TPSA) is 66.4 Å². The smallest absolute Gasteiger partial charge is 0.308 e. The highest BCUT2D eigenvalue weighted by atomic mass is 32.1. The van der Waals surface area contributed by atoms with E-state index in [0.29, 0.717) is 12.8 Å². The van der Waals surface area contributed by atoms with Crippen molar-refractivity contribution in [3.05, 3.63) is 22.4 Å². The maximum atomic E-state index is 12.0. The quantitative estimate of drug-likeness (QED) is 0.821. The van der Waals surface area contributed by atoms with Gasteiger partial charge >= 0.3 is 5.97 Å². The van der Waals surface area contributed by atoms with E-state index in [1.54, 1.807) is 11.3 Å². The van der Waals surface area contributed by atoms with Gasteiger partial charge in [-0.05, 0) is 30.7 Å². The molecular weight excluding hydrogens is 274 g/mol. The Labute approximate surface area is 123 Å². The van der Waals surface area contributed by atoms with Crippen LogP contribution in [0.1, 0.15) is 43.4 Å². The summed E-state index contributed by atoms with van der Waals surface area (Å²) in [6.45, 7) is 0. The molecule has 2 N–H and O–H groups in total. The molecule has 1 aliphatic rings. The minimum atomic E-state index is -0.782. The molecule has 1 aromatic rings. The fourth-order valence-corrected chi connectivity index (χ4v) is 3.46. The molecule has 1 amide bonds. The molecule has 1 aliphatic carbocycles. The number of rotatable bonds is 5. The van der Waals surface area contributed by atoms with Gasteiger partial charge in [0.05, 0.1) is 5.92 Å². The monoisotopic (exact) mass is 295 g/mol. The van der Waals surface area contributed by atoms with E-state index in [-0.39, 0.29) is 11.9 Å². The summed E-state index contributed by atoms with van der Waals surface area (Å²) in [5, 5.41) is 14.2. The molecule has 0 spiro atoms. The van der Waals surface area contributed by atoms with Gasteiger partial charge in [-0.2, -0.15) is 0 Å². The molecule has 2 atom stereocenters. The highest BCUT2D eigenvalue weighted by Gasteiger charge is 2.30. The number of thiophene rings is 1. The molecule has 0 radical (unpaired) electrons. The Morgan fingerprint density at radius 3 is 2.80 bits per heavy atom. The van der Waals surface area contributed by atoms with Gasteiger partial charge < -0.3 is 10.4 Å². The van der Waals surface area contributed by atoms with Crippen LogP contribution in [0, 0.1) is 5.92 Å². The van der Waals surface area contributed by atoms with Crippen molar-refractivity contribution in [3.63, 3.8) is 0 Å². The summed E-state index contributed by atoms with van der Waals surface area (Å²) < 4.78 is 0. The van der Waals surface area contributed by atoms with E-state index >= 15 is 0 Å². The minimum absolute atomic E-state index is 0.0310. The van der Waals surface area contributed by atoms with Crippen molar-refractivity contribution in [2.75, 3.05) is 0 Å². The number of carboxylic acid groups (broad SMARTS) is 1. The summed E-state index contributed by atoms with van der Waals surface area (Å²) in [5.41, 5.74) is 0. The third kappa shape index (κ3) is 4.34. The summed E-state index contributed by atoms with van der Waals surface area (Å²) in [5.74, 6) is -1.24. The van der Waals surface area contributed by atoms with Crippen LogP contribution in [0.25, 0.3) is 0 Å². The first-order valence-electron chi connectivity index (χ1n) is 7.21. The van der Waals surface area contributed by atoms with Crippen LogP contribution in [-0.4, -0.2) is 23.0 Å². The lowest BCUT2D eigenvalue weighted by Crippen LogP contribution is -2.42. The number of hydrogen-bond acceptors (Lipinski definition) is 3. The van der Waals surface area contributed by atoms with Gasteiger partial charge in [0, 0.05) is 17.3 Å². The predicted molar refractivity (Wildman–Crippen MR) is 78.8 cm³/mol. The predicted octanol–water partition coefficient (Wildman–Crippen LogP) is 2.83. The van der Waals surface area contributed by atoms with E-state index in [2.05, 4.69) is 5.32 Å². The Hall–Kier alpha value is -1.36.